The summed E-state index contributed by atoms with van der Waals surface area (Å²) in [5.41, 5.74) is 8.72. The minimum absolute atomic E-state index is 0.154. The third-order valence-electron chi connectivity index (χ3n) is 5.00. The first-order chi connectivity index (χ1) is 13.8. The highest BCUT2D eigenvalue weighted by molar-refractivity contribution is 5.95. The molecule has 0 radical (unpaired) electrons. The van der Waals surface area contributed by atoms with Crippen molar-refractivity contribution in [1.82, 2.24) is 9.99 Å². The summed E-state index contributed by atoms with van der Waals surface area (Å²) in [7, 11) is 0. The molecule has 0 saturated heterocycles. The predicted molar refractivity (Wildman–Crippen MR) is 111 cm³/mol. The van der Waals surface area contributed by atoms with E-state index < -0.39 is 11.7 Å². The summed E-state index contributed by atoms with van der Waals surface area (Å²) in [5, 5.41) is 12.8. The predicted octanol–water partition coefficient (Wildman–Crippen LogP) is 4.49. The Morgan fingerprint density at radius 2 is 1.93 bits per heavy atom. The molecule has 0 saturated carbocycles. The summed E-state index contributed by atoms with van der Waals surface area (Å²) >= 11 is 0. The molecular weight excluding hydrogens is 367 g/mol. The maximum absolute atomic E-state index is 13.9. The van der Waals surface area contributed by atoms with Crippen LogP contribution in [0.2, 0.25) is 0 Å². The van der Waals surface area contributed by atoms with Gasteiger partial charge >= 0.3 is 0 Å². The van der Waals surface area contributed by atoms with Crippen molar-refractivity contribution in [1.29, 1.82) is 5.26 Å². The van der Waals surface area contributed by atoms with Crippen LogP contribution < -0.4 is 5.43 Å². The number of nitrogens with one attached hydrogen (secondary N) is 1. The Labute approximate surface area is 169 Å². The van der Waals surface area contributed by atoms with Crippen LogP contribution in [0.1, 0.15) is 44.0 Å². The maximum atomic E-state index is 13.9. The molecule has 3 aromatic rings. The van der Waals surface area contributed by atoms with E-state index in [0.29, 0.717) is 0 Å². The van der Waals surface area contributed by atoms with E-state index in [0.717, 1.165) is 28.7 Å². The highest BCUT2D eigenvalue weighted by Gasteiger charge is 2.13. The second kappa shape index (κ2) is 8.11. The van der Waals surface area contributed by atoms with Crippen molar-refractivity contribution < 1.29 is 9.18 Å². The molecule has 3 rings (SSSR count). The molecule has 0 fully saturated rings. The van der Waals surface area contributed by atoms with Crippen LogP contribution in [-0.2, 0) is 0 Å². The van der Waals surface area contributed by atoms with E-state index in [1.54, 1.807) is 6.21 Å². The Balaban J connectivity index is 1.83. The van der Waals surface area contributed by atoms with Gasteiger partial charge in [-0.05, 0) is 69.2 Å². The van der Waals surface area contributed by atoms with E-state index in [1.807, 2.05) is 32.0 Å². The molecule has 0 aliphatic rings. The van der Waals surface area contributed by atoms with E-state index in [4.69, 9.17) is 5.26 Å². The number of carbonyl (C=O) groups is 1. The minimum Gasteiger partial charge on any atom is -0.318 e. The van der Waals surface area contributed by atoms with Crippen molar-refractivity contribution in [2.45, 2.75) is 27.7 Å². The number of rotatable bonds is 4. The lowest BCUT2D eigenvalue weighted by Gasteiger charge is -2.14. The fourth-order valence-electron chi connectivity index (χ4n) is 3.26. The third-order valence-corrected chi connectivity index (χ3v) is 5.00. The highest BCUT2D eigenvalue weighted by Crippen LogP contribution is 2.24. The second-order valence-electron chi connectivity index (χ2n) is 6.89. The Morgan fingerprint density at radius 3 is 2.62 bits per heavy atom. The zero-order chi connectivity index (χ0) is 21.1. The van der Waals surface area contributed by atoms with Crippen molar-refractivity contribution >= 4 is 12.1 Å². The molecule has 1 N–H and O–H groups in total. The largest absolute Gasteiger partial charge is 0.318 e. The summed E-state index contributed by atoms with van der Waals surface area (Å²) in [6, 6.07) is 13.7. The van der Waals surface area contributed by atoms with Gasteiger partial charge in [0.15, 0.2) is 0 Å². The molecule has 1 amide bonds. The molecule has 0 atom stereocenters. The van der Waals surface area contributed by atoms with Gasteiger partial charge in [-0.2, -0.15) is 10.4 Å². The van der Waals surface area contributed by atoms with E-state index >= 15 is 0 Å². The number of benzene rings is 2. The fourth-order valence-corrected chi connectivity index (χ4v) is 3.26. The number of amides is 1. The maximum Gasteiger partial charge on any atom is 0.274 e. The van der Waals surface area contributed by atoms with Crippen LogP contribution in [0.25, 0.3) is 5.69 Å². The number of hydrazone groups is 1. The van der Waals surface area contributed by atoms with E-state index in [1.165, 1.54) is 23.3 Å². The Hall–Kier alpha value is -3.72. The monoisotopic (exact) mass is 388 g/mol. The number of nitrogens with zero attached hydrogens (tertiary/aromatic N) is 3. The van der Waals surface area contributed by atoms with Gasteiger partial charge < -0.3 is 4.57 Å². The summed E-state index contributed by atoms with van der Waals surface area (Å²) in [6.07, 6.45) is 1.55. The van der Waals surface area contributed by atoms with Crippen molar-refractivity contribution in [3.8, 4) is 11.8 Å². The Kier molecular flexibility index (Phi) is 5.60. The van der Waals surface area contributed by atoms with Crippen LogP contribution in [-0.4, -0.2) is 16.7 Å². The van der Waals surface area contributed by atoms with Gasteiger partial charge in [0.1, 0.15) is 5.82 Å². The fraction of sp³-hybridized carbons (Fsp3) is 0.174. The number of hydrogen-bond donors (Lipinski definition) is 1. The van der Waals surface area contributed by atoms with Crippen molar-refractivity contribution in [3.63, 3.8) is 0 Å². The van der Waals surface area contributed by atoms with Gasteiger partial charge in [0.2, 0.25) is 0 Å². The number of nitriles is 1. The van der Waals surface area contributed by atoms with Crippen LogP contribution >= 0.6 is 0 Å². The molecule has 5 nitrogen and oxygen atoms in total. The lowest BCUT2D eigenvalue weighted by atomic mass is 10.1. The van der Waals surface area contributed by atoms with Crippen LogP contribution in [0.15, 0.2) is 47.6 Å². The van der Waals surface area contributed by atoms with Gasteiger partial charge in [0, 0.05) is 22.6 Å². The van der Waals surface area contributed by atoms with Crippen LogP contribution in [0.5, 0.6) is 0 Å². The van der Waals surface area contributed by atoms with Crippen LogP contribution in [0.3, 0.4) is 0 Å². The molecule has 6 heteroatoms. The smallest absolute Gasteiger partial charge is 0.274 e. The first kappa shape index (κ1) is 20.0. The van der Waals surface area contributed by atoms with E-state index in [9.17, 15) is 9.18 Å². The highest BCUT2D eigenvalue weighted by atomic mass is 19.1. The SMILES string of the molecule is Cc1cccc(-n2c(C)cc(/C=N\NC(=O)c3ccc(C#N)cc3F)c2C)c1C. The standard InChI is InChI=1S/C23H21FN4O/c1-14-6-5-7-22(16(14)3)28-15(2)10-19(17(28)4)13-26-27-23(29)20-9-8-18(12-25)11-21(20)24/h5-11,13H,1-4H3,(H,27,29)/b26-13-. The van der Waals surface area contributed by atoms with Crippen molar-refractivity contribution in [2.24, 2.45) is 5.10 Å². The van der Waals surface area contributed by atoms with Gasteiger partial charge in [-0.25, -0.2) is 9.82 Å². The minimum atomic E-state index is -0.759. The summed E-state index contributed by atoms with van der Waals surface area (Å²) in [6.45, 7) is 8.16. The Morgan fingerprint density at radius 1 is 1.17 bits per heavy atom. The molecule has 0 aliphatic carbocycles. The topological polar surface area (TPSA) is 70.2 Å². The van der Waals surface area contributed by atoms with Crippen molar-refractivity contribution in [3.05, 3.63) is 87.5 Å². The first-order valence-electron chi connectivity index (χ1n) is 9.12. The molecule has 146 valence electrons. The van der Waals surface area contributed by atoms with Gasteiger partial charge in [0.25, 0.3) is 5.91 Å². The molecule has 1 heterocycles. The average Bonchev–Trinajstić information content (AvgIpc) is 2.97. The molecule has 1 aromatic heterocycles. The zero-order valence-corrected chi connectivity index (χ0v) is 16.7. The quantitative estimate of drug-likeness (QED) is 0.529. The first-order valence-corrected chi connectivity index (χ1v) is 9.12. The van der Waals surface area contributed by atoms with E-state index in [2.05, 4.69) is 41.1 Å². The summed E-state index contributed by atoms with van der Waals surface area (Å²) in [4.78, 5) is 12.2. The number of halogens is 1. The third kappa shape index (κ3) is 3.94. The Bertz CT molecular complexity index is 1170. The van der Waals surface area contributed by atoms with Crippen LogP contribution in [0.4, 0.5) is 4.39 Å². The van der Waals surface area contributed by atoms with Crippen LogP contribution in [0, 0.1) is 44.8 Å². The molecule has 29 heavy (non-hydrogen) atoms. The summed E-state index contributed by atoms with van der Waals surface area (Å²) in [5.74, 6) is -1.43. The number of carbonyl (C=O) groups excluding carboxylic acids is 1. The lowest BCUT2D eigenvalue weighted by Crippen LogP contribution is -2.19. The summed E-state index contributed by atoms with van der Waals surface area (Å²) < 4.78 is 16.1. The second-order valence-corrected chi connectivity index (χ2v) is 6.89. The van der Waals surface area contributed by atoms with Gasteiger partial charge in [0.05, 0.1) is 23.4 Å². The van der Waals surface area contributed by atoms with Gasteiger partial charge in [-0.15, -0.1) is 0 Å². The molecule has 0 bridgehead atoms. The number of aromatic nitrogens is 1. The molecule has 0 aliphatic heterocycles. The lowest BCUT2D eigenvalue weighted by molar-refractivity contribution is 0.0951. The molecule has 0 unspecified atom stereocenters. The number of aryl methyl sites for hydroxylation is 2. The average molecular weight is 388 g/mol. The normalized spacial score (nSPS) is 10.9. The zero-order valence-electron chi connectivity index (χ0n) is 16.7. The molecule has 2 aromatic carbocycles. The molecule has 0 spiro atoms. The van der Waals surface area contributed by atoms with E-state index in [-0.39, 0.29) is 11.1 Å². The number of hydrogen-bond acceptors (Lipinski definition) is 3. The van der Waals surface area contributed by atoms with Gasteiger partial charge in [-0.1, -0.05) is 12.1 Å². The van der Waals surface area contributed by atoms with Crippen molar-refractivity contribution in [2.75, 3.05) is 0 Å². The van der Waals surface area contributed by atoms with Gasteiger partial charge in [-0.3, -0.25) is 4.79 Å². The molecular formula is C23H21FN4O.